The van der Waals surface area contributed by atoms with Gasteiger partial charge in [0.05, 0.1) is 18.7 Å². The smallest absolute Gasteiger partial charge is 0.336 e. The zero-order valence-corrected chi connectivity index (χ0v) is 20.8. The molecule has 0 aromatic heterocycles. The third-order valence-electron chi connectivity index (χ3n) is 6.39. The fourth-order valence-corrected chi connectivity index (χ4v) is 4.39. The van der Waals surface area contributed by atoms with Gasteiger partial charge in [-0.15, -0.1) is 0 Å². The van der Waals surface area contributed by atoms with E-state index in [-0.39, 0.29) is 36.7 Å². The van der Waals surface area contributed by atoms with E-state index in [1.807, 2.05) is 64.1 Å². The summed E-state index contributed by atoms with van der Waals surface area (Å²) in [4.78, 5) is 42.2. The molecule has 1 atom stereocenters. The quantitative estimate of drug-likeness (QED) is 0.527. The van der Waals surface area contributed by atoms with Crippen LogP contribution in [0.2, 0.25) is 0 Å². The van der Waals surface area contributed by atoms with E-state index in [0.29, 0.717) is 36.5 Å². The minimum atomic E-state index is -0.386. The van der Waals surface area contributed by atoms with Gasteiger partial charge in [-0.1, -0.05) is 42.0 Å². The Morgan fingerprint density at radius 3 is 2.15 bits per heavy atom. The third-order valence-corrected chi connectivity index (χ3v) is 6.39. The second kappa shape index (κ2) is 11.1. The lowest BCUT2D eigenvalue weighted by Gasteiger charge is -2.34. The second-order valence-corrected chi connectivity index (χ2v) is 8.54. The number of esters is 1. The van der Waals surface area contributed by atoms with Crippen molar-refractivity contribution in [2.75, 3.05) is 19.7 Å². The van der Waals surface area contributed by atoms with Crippen molar-refractivity contribution in [1.82, 2.24) is 9.80 Å². The largest absolute Gasteiger partial charge is 0.463 e. The fraction of sp³-hybridized carbons (Fsp3) is 0.393. The summed E-state index contributed by atoms with van der Waals surface area (Å²) >= 11 is 0. The van der Waals surface area contributed by atoms with E-state index in [4.69, 9.17) is 4.74 Å². The number of carbonyl (C=O) groups excluding carboxylic acids is 3. The zero-order chi connectivity index (χ0) is 24.8. The maximum atomic E-state index is 13.2. The molecule has 6 heteroatoms. The van der Waals surface area contributed by atoms with Crippen LogP contribution < -0.4 is 0 Å². The molecule has 2 amide bonds. The SMILES string of the molecule is CCOC(=O)C1=C(C)N(Cc2ccc(C(=O)N(CC)CC)cc2)C(=O)CC1c1ccc(C)cc1. The van der Waals surface area contributed by atoms with Crippen LogP contribution in [-0.4, -0.2) is 47.3 Å². The Morgan fingerprint density at radius 2 is 1.59 bits per heavy atom. The van der Waals surface area contributed by atoms with Gasteiger partial charge in [-0.3, -0.25) is 9.59 Å². The number of allylic oxidation sites excluding steroid dienone is 1. The van der Waals surface area contributed by atoms with Crippen molar-refractivity contribution in [3.05, 3.63) is 82.1 Å². The second-order valence-electron chi connectivity index (χ2n) is 8.54. The number of rotatable bonds is 8. The molecule has 2 aromatic rings. The molecule has 180 valence electrons. The van der Waals surface area contributed by atoms with Crippen molar-refractivity contribution < 1.29 is 19.1 Å². The van der Waals surface area contributed by atoms with Gasteiger partial charge in [-0.2, -0.15) is 0 Å². The first kappa shape index (κ1) is 25.2. The number of benzene rings is 2. The molecule has 0 saturated heterocycles. The van der Waals surface area contributed by atoms with Gasteiger partial charge in [0.15, 0.2) is 0 Å². The van der Waals surface area contributed by atoms with Crippen LogP contribution in [0.15, 0.2) is 59.8 Å². The van der Waals surface area contributed by atoms with Gasteiger partial charge in [0.25, 0.3) is 5.91 Å². The monoisotopic (exact) mass is 462 g/mol. The summed E-state index contributed by atoms with van der Waals surface area (Å²) in [6.07, 6.45) is 0.201. The van der Waals surface area contributed by atoms with E-state index in [0.717, 1.165) is 16.7 Å². The minimum absolute atomic E-state index is 0.00721. The molecule has 2 aromatic carbocycles. The van der Waals surface area contributed by atoms with E-state index in [2.05, 4.69) is 0 Å². The van der Waals surface area contributed by atoms with Gasteiger partial charge < -0.3 is 14.5 Å². The highest BCUT2D eigenvalue weighted by molar-refractivity contribution is 5.96. The molecular formula is C28H34N2O4. The summed E-state index contributed by atoms with van der Waals surface area (Å²) in [6.45, 7) is 11.4. The van der Waals surface area contributed by atoms with Crippen LogP contribution in [0.5, 0.6) is 0 Å². The number of hydrogen-bond acceptors (Lipinski definition) is 4. The van der Waals surface area contributed by atoms with Crippen LogP contribution >= 0.6 is 0 Å². The molecular weight excluding hydrogens is 428 g/mol. The van der Waals surface area contributed by atoms with E-state index in [1.54, 1.807) is 28.9 Å². The fourth-order valence-electron chi connectivity index (χ4n) is 4.39. The molecule has 6 nitrogen and oxygen atoms in total. The highest BCUT2D eigenvalue weighted by Gasteiger charge is 2.36. The van der Waals surface area contributed by atoms with E-state index < -0.39 is 0 Å². The van der Waals surface area contributed by atoms with Crippen LogP contribution in [0.3, 0.4) is 0 Å². The lowest BCUT2D eigenvalue weighted by Crippen LogP contribution is -2.38. The lowest BCUT2D eigenvalue weighted by molar-refractivity contribution is -0.140. The molecule has 0 bridgehead atoms. The normalized spacial score (nSPS) is 16.0. The summed E-state index contributed by atoms with van der Waals surface area (Å²) in [7, 11) is 0. The Labute approximate surface area is 202 Å². The topological polar surface area (TPSA) is 66.9 Å². The molecule has 0 N–H and O–H groups in total. The van der Waals surface area contributed by atoms with Crippen molar-refractivity contribution >= 4 is 17.8 Å². The first-order chi connectivity index (χ1) is 16.3. The Bertz CT molecular complexity index is 1070. The molecule has 34 heavy (non-hydrogen) atoms. The molecule has 1 heterocycles. The van der Waals surface area contributed by atoms with Crippen LogP contribution in [0, 0.1) is 6.92 Å². The first-order valence-corrected chi connectivity index (χ1v) is 11.9. The Kier molecular flexibility index (Phi) is 8.26. The predicted molar refractivity (Wildman–Crippen MR) is 132 cm³/mol. The summed E-state index contributed by atoms with van der Waals surface area (Å²) < 4.78 is 5.37. The average molecular weight is 463 g/mol. The summed E-state index contributed by atoms with van der Waals surface area (Å²) in [5.41, 5.74) is 4.70. The first-order valence-electron chi connectivity index (χ1n) is 11.9. The molecule has 0 fully saturated rings. The van der Waals surface area contributed by atoms with Crippen molar-refractivity contribution in [3.63, 3.8) is 0 Å². The van der Waals surface area contributed by atoms with E-state index >= 15 is 0 Å². The highest BCUT2D eigenvalue weighted by atomic mass is 16.5. The maximum Gasteiger partial charge on any atom is 0.336 e. The molecule has 0 aliphatic carbocycles. The van der Waals surface area contributed by atoms with Crippen LogP contribution in [0.1, 0.15) is 67.1 Å². The molecule has 0 saturated carbocycles. The van der Waals surface area contributed by atoms with Gasteiger partial charge in [-0.05, 0) is 57.9 Å². The lowest BCUT2D eigenvalue weighted by atomic mass is 9.83. The molecule has 1 aliphatic heterocycles. The van der Waals surface area contributed by atoms with Gasteiger partial charge in [0, 0.05) is 36.7 Å². The summed E-state index contributed by atoms with van der Waals surface area (Å²) in [5, 5.41) is 0. The minimum Gasteiger partial charge on any atom is -0.463 e. The van der Waals surface area contributed by atoms with Crippen molar-refractivity contribution in [2.24, 2.45) is 0 Å². The number of ether oxygens (including phenoxy) is 1. The molecule has 1 aliphatic rings. The van der Waals surface area contributed by atoms with E-state index in [9.17, 15) is 14.4 Å². The van der Waals surface area contributed by atoms with Crippen molar-refractivity contribution in [3.8, 4) is 0 Å². The van der Waals surface area contributed by atoms with Crippen molar-refractivity contribution in [1.29, 1.82) is 0 Å². The van der Waals surface area contributed by atoms with E-state index in [1.165, 1.54) is 0 Å². The number of nitrogens with zero attached hydrogens (tertiary/aromatic N) is 2. The van der Waals surface area contributed by atoms with Gasteiger partial charge in [-0.25, -0.2) is 4.79 Å². The number of aryl methyl sites for hydroxylation is 1. The molecule has 0 spiro atoms. The molecule has 0 radical (unpaired) electrons. The molecule has 3 rings (SSSR count). The summed E-state index contributed by atoms with van der Waals surface area (Å²) in [6, 6.07) is 15.3. The van der Waals surface area contributed by atoms with Crippen LogP contribution in [0.25, 0.3) is 0 Å². The van der Waals surface area contributed by atoms with Gasteiger partial charge in [0.2, 0.25) is 5.91 Å². The number of amides is 2. The molecule has 1 unspecified atom stereocenters. The summed E-state index contributed by atoms with van der Waals surface area (Å²) in [5.74, 6) is -0.771. The van der Waals surface area contributed by atoms with Crippen LogP contribution in [-0.2, 0) is 20.9 Å². The number of carbonyl (C=O) groups is 3. The van der Waals surface area contributed by atoms with Gasteiger partial charge in [0.1, 0.15) is 0 Å². The third kappa shape index (κ3) is 5.38. The Hall–Kier alpha value is -3.41. The van der Waals surface area contributed by atoms with Crippen LogP contribution in [0.4, 0.5) is 0 Å². The highest BCUT2D eigenvalue weighted by Crippen LogP contribution is 2.37. The number of hydrogen-bond donors (Lipinski definition) is 0. The van der Waals surface area contributed by atoms with Crippen molar-refractivity contribution in [2.45, 2.75) is 53.5 Å². The average Bonchev–Trinajstić information content (AvgIpc) is 2.83. The maximum absolute atomic E-state index is 13.2. The standard InChI is InChI=1S/C28H34N2O4/c1-6-29(7-2)27(32)23-15-11-21(12-16-23)18-30-20(5)26(28(33)34-8-3)24(17-25(30)31)22-13-9-19(4)10-14-22/h9-16,24H,6-8,17-18H2,1-5H3. The zero-order valence-electron chi connectivity index (χ0n) is 20.8. The van der Waals surface area contributed by atoms with Gasteiger partial charge >= 0.3 is 5.97 Å². The Morgan fingerprint density at radius 1 is 0.971 bits per heavy atom. The predicted octanol–water partition coefficient (Wildman–Crippen LogP) is 4.83. The Balaban J connectivity index is 1.90.